The van der Waals surface area contributed by atoms with Crippen LogP contribution in [0, 0.1) is 11.3 Å². The van der Waals surface area contributed by atoms with E-state index >= 15 is 0 Å². The lowest BCUT2D eigenvalue weighted by molar-refractivity contribution is -0.118. The Bertz CT molecular complexity index is 539. The van der Waals surface area contributed by atoms with Gasteiger partial charge in [0.25, 0.3) is 5.91 Å². The molecule has 1 aliphatic carbocycles. The Morgan fingerprint density at radius 2 is 2.15 bits per heavy atom. The van der Waals surface area contributed by atoms with Gasteiger partial charge in [0, 0.05) is 11.7 Å². The molecule has 2 atom stereocenters. The molecule has 1 saturated carbocycles. The van der Waals surface area contributed by atoms with Crippen molar-refractivity contribution in [1.82, 2.24) is 0 Å². The van der Waals surface area contributed by atoms with Gasteiger partial charge < -0.3 is 15.4 Å². The van der Waals surface area contributed by atoms with E-state index in [1.165, 1.54) is 12.8 Å². The van der Waals surface area contributed by atoms with Crippen LogP contribution in [0.1, 0.15) is 33.6 Å². The van der Waals surface area contributed by atoms with Crippen LogP contribution in [0.15, 0.2) is 18.2 Å². The lowest BCUT2D eigenvalue weighted by atomic mass is 9.91. The first-order valence-corrected chi connectivity index (χ1v) is 7.26. The maximum Gasteiger partial charge on any atom is 0.262 e. The summed E-state index contributed by atoms with van der Waals surface area (Å²) in [6.45, 7) is 7.06. The number of carbonyl (C=O) groups excluding carboxylic acids is 1. The van der Waals surface area contributed by atoms with Crippen molar-refractivity contribution in [2.75, 3.05) is 17.2 Å². The summed E-state index contributed by atoms with van der Waals surface area (Å²) in [5, 5.41) is 6.45. The number of fused-ring (bicyclic) bond motifs is 1. The van der Waals surface area contributed by atoms with E-state index in [9.17, 15) is 4.79 Å². The summed E-state index contributed by atoms with van der Waals surface area (Å²) < 4.78 is 5.38. The lowest BCUT2D eigenvalue weighted by Gasteiger charge is -2.22. The molecule has 108 valence electrons. The fraction of sp³-hybridized carbons (Fsp3) is 0.562. The largest absolute Gasteiger partial charge is 0.482 e. The van der Waals surface area contributed by atoms with Crippen LogP contribution in [0.2, 0.25) is 0 Å². The molecular weight excluding hydrogens is 252 g/mol. The molecular formula is C16H22N2O2. The fourth-order valence-electron chi connectivity index (χ4n) is 3.47. The van der Waals surface area contributed by atoms with Crippen molar-refractivity contribution in [3.63, 3.8) is 0 Å². The van der Waals surface area contributed by atoms with E-state index < -0.39 is 0 Å². The van der Waals surface area contributed by atoms with Gasteiger partial charge in [0.15, 0.2) is 6.61 Å². The van der Waals surface area contributed by atoms with Crippen molar-refractivity contribution in [2.45, 2.75) is 39.7 Å². The standard InChI is InChI=1S/C16H22N2O2/c1-10-7-16(2,3)8-13(10)17-11-4-5-14-12(6-11)18-15(19)9-20-14/h4-6,10,13,17H,7-9H2,1-3H3,(H,18,19). The maximum atomic E-state index is 11.4. The van der Waals surface area contributed by atoms with Gasteiger partial charge >= 0.3 is 0 Å². The molecule has 2 unspecified atom stereocenters. The minimum absolute atomic E-state index is 0.0926. The van der Waals surface area contributed by atoms with Crippen LogP contribution in [0.5, 0.6) is 5.75 Å². The average molecular weight is 274 g/mol. The Kier molecular flexibility index (Phi) is 3.11. The number of amides is 1. The monoisotopic (exact) mass is 274 g/mol. The number of nitrogens with one attached hydrogen (secondary N) is 2. The summed E-state index contributed by atoms with van der Waals surface area (Å²) in [5.74, 6) is 1.31. The van der Waals surface area contributed by atoms with Gasteiger partial charge in [0.1, 0.15) is 5.75 Å². The maximum absolute atomic E-state index is 11.4. The number of hydrogen-bond donors (Lipinski definition) is 2. The van der Waals surface area contributed by atoms with Gasteiger partial charge in [-0.1, -0.05) is 20.8 Å². The van der Waals surface area contributed by atoms with Crippen LogP contribution >= 0.6 is 0 Å². The SMILES string of the molecule is CC1CC(C)(C)CC1Nc1ccc2c(c1)NC(=O)CO2. The van der Waals surface area contributed by atoms with Crippen molar-refractivity contribution in [3.8, 4) is 5.75 Å². The number of ether oxygens (including phenoxy) is 1. The molecule has 20 heavy (non-hydrogen) atoms. The van der Waals surface area contributed by atoms with E-state index in [4.69, 9.17) is 4.74 Å². The highest BCUT2D eigenvalue weighted by Crippen LogP contribution is 2.42. The van der Waals surface area contributed by atoms with Crippen LogP contribution in [-0.4, -0.2) is 18.6 Å². The van der Waals surface area contributed by atoms with E-state index in [0.29, 0.717) is 17.4 Å². The highest BCUT2D eigenvalue weighted by atomic mass is 16.5. The van der Waals surface area contributed by atoms with Crippen molar-refractivity contribution in [2.24, 2.45) is 11.3 Å². The predicted octanol–water partition coefficient (Wildman–Crippen LogP) is 3.25. The number of benzene rings is 1. The van der Waals surface area contributed by atoms with Crippen molar-refractivity contribution in [1.29, 1.82) is 0 Å². The summed E-state index contributed by atoms with van der Waals surface area (Å²) in [5.41, 5.74) is 2.21. The molecule has 4 nitrogen and oxygen atoms in total. The quantitative estimate of drug-likeness (QED) is 0.870. The third kappa shape index (κ3) is 2.60. The molecule has 1 heterocycles. The molecule has 1 aromatic carbocycles. The Balaban J connectivity index is 1.75. The van der Waals surface area contributed by atoms with Crippen LogP contribution in [0.4, 0.5) is 11.4 Å². The third-order valence-electron chi connectivity index (χ3n) is 4.30. The van der Waals surface area contributed by atoms with Crippen LogP contribution < -0.4 is 15.4 Å². The van der Waals surface area contributed by atoms with Crippen LogP contribution in [0.25, 0.3) is 0 Å². The molecule has 1 fully saturated rings. The summed E-state index contributed by atoms with van der Waals surface area (Å²) in [4.78, 5) is 11.4. The summed E-state index contributed by atoms with van der Waals surface area (Å²) >= 11 is 0. The second kappa shape index (κ2) is 4.69. The van der Waals surface area contributed by atoms with Gasteiger partial charge in [-0.25, -0.2) is 0 Å². The fourth-order valence-corrected chi connectivity index (χ4v) is 3.47. The summed E-state index contributed by atoms with van der Waals surface area (Å²) in [6.07, 6.45) is 2.42. The third-order valence-corrected chi connectivity index (χ3v) is 4.30. The second-order valence-corrected chi connectivity index (χ2v) is 6.85. The molecule has 1 aromatic rings. The minimum atomic E-state index is -0.0926. The minimum Gasteiger partial charge on any atom is -0.482 e. The second-order valence-electron chi connectivity index (χ2n) is 6.85. The summed E-state index contributed by atoms with van der Waals surface area (Å²) in [6, 6.07) is 6.39. The zero-order chi connectivity index (χ0) is 14.3. The van der Waals surface area contributed by atoms with E-state index in [-0.39, 0.29) is 12.5 Å². The van der Waals surface area contributed by atoms with E-state index in [1.54, 1.807) is 0 Å². The van der Waals surface area contributed by atoms with Gasteiger partial charge in [-0.05, 0) is 42.4 Å². The molecule has 4 heteroatoms. The van der Waals surface area contributed by atoms with Gasteiger partial charge in [0.05, 0.1) is 5.69 Å². The van der Waals surface area contributed by atoms with Gasteiger partial charge in [-0.3, -0.25) is 4.79 Å². The topological polar surface area (TPSA) is 50.4 Å². The first-order chi connectivity index (χ1) is 9.43. The van der Waals surface area contributed by atoms with Gasteiger partial charge in [0.2, 0.25) is 0 Å². The van der Waals surface area contributed by atoms with E-state index in [2.05, 4.69) is 31.4 Å². The molecule has 2 N–H and O–H groups in total. The highest BCUT2D eigenvalue weighted by Gasteiger charge is 2.36. The van der Waals surface area contributed by atoms with Crippen LogP contribution in [0.3, 0.4) is 0 Å². The van der Waals surface area contributed by atoms with Crippen molar-refractivity contribution >= 4 is 17.3 Å². The molecule has 0 bridgehead atoms. The molecule has 0 aromatic heterocycles. The zero-order valence-electron chi connectivity index (χ0n) is 12.3. The number of rotatable bonds is 2. The molecule has 2 aliphatic rings. The van der Waals surface area contributed by atoms with Gasteiger partial charge in [-0.15, -0.1) is 0 Å². The first-order valence-electron chi connectivity index (χ1n) is 7.26. The predicted molar refractivity (Wildman–Crippen MR) is 80.2 cm³/mol. The highest BCUT2D eigenvalue weighted by molar-refractivity contribution is 5.96. The first kappa shape index (κ1) is 13.3. The Labute approximate surface area is 119 Å². The normalized spacial score (nSPS) is 27.4. The Morgan fingerprint density at radius 1 is 1.35 bits per heavy atom. The molecule has 1 amide bonds. The number of anilines is 2. The molecule has 0 saturated heterocycles. The smallest absolute Gasteiger partial charge is 0.262 e. The summed E-state index contributed by atoms with van der Waals surface area (Å²) in [7, 11) is 0. The molecule has 0 spiro atoms. The molecule has 3 rings (SSSR count). The Hall–Kier alpha value is -1.71. The Morgan fingerprint density at radius 3 is 2.85 bits per heavy atom. The average Bonchev–Trinajstić information content (AvgIpc) is 2.61. The van der Waals surface area contributed by atoms with Crippen molar-refractivity contribution < 1.29 is 9.53 Å². The van der Waals surface area contributed by atoms with Crippen molar-refractivity contribution in [3.05, 3.63) is 18.2 Å². The molecule has 1 aliphatic heterocycles. The van der Waals surface area contributed by atoms with E-state index in [1.807, 2.05) is 18.2 Å². The van der Waals surface area contributed by atoms with E-state index in [0.717, 1.165) is 17.1 Å². The van der Waals surface area contributed by atoms with Crippen LogP contribution in [-0.2, 0) is 4.79 Å². The number of carbonyl (C=O) groups is 1. The number of hydrogen-bond acceptors (Lipinski definition) is 3. The molecule has 0 radical (unpaired) electrons. The lowest BCUT2D eigenvalue weighted by Crippen LogP contribution is -2.26. The zero-order valence-corrected chi connectivity index (χ0v) is 12.3. The van der Waals surface area contributed by atoms with Gasteiger partial charge in [-0.2, -0.15) is 0 Å².